The van der Waals surface area contributed by atoms with Gasteiger partial charge in [0.1, 0.15) is 0 Å². The number of anilines is 3. The average Bonchev–Trinajstić information content (AvgIpc) is 2.79. The molecule has 4 N–H and O–H groups in total. The topological polar surface area (TPSA) is 67.2 Å². The molecule has 1 heterocycles. The van der Waals surface area contributed by atoms with Crippen molar-refractivity contribution in [3.8, 4) is 0 Å². The largest absolute Gasteiger partial charge is 0.397 e. The van der Waals surface area contributed by atoms with E-state index in [9.17, 15) is 4.79 Å². The molecule has 106 valence electrons. The summed E-state index contributed by atoms with van der Waals surface area (Å²) in [5, 5.41) is 6.25. The number of amides is 1. The highest BCUT2D eigenvalue weighted by Crippen LogP contribution is 2.31. The zero-order chi connectivity index (χ0) is 13.9. The van der Waals surface area contributed by atoms with Crippen molar-refractivity contribution in [2.24, 2.45) is 0 Å². The van der Waals surface area contributed by atoms with Crippen LogP contribution in [0.3, 0.4) is 0 Å². The van der Waals surface area contributed by atoms with Crippen molar-refractivity contribution in [1.82, 2.24) is 0 Å². The summed E-state index contributed by atoms with van der Waals surface area (Å²) in [6.07, 6.45) is 8.99. The quantitative estimate of drug-likeness (QED) is 0.582. The summed E-state index contributed by atoms with van der Waals surface area (Å²) in [5.74, 6) is 0.0453. The third-order valence-corrected chi connectivity index (χ3v) is 4.05. The standard InChI is InChI=1S/C16H21N3O/c17-13-8-12-9-16(20)19-14(12)10-15(13)18-7-6-11-4-2-1-3-5-11/h4,8,10,18H,1-3,5-7,9,17H2,(H,19,20). The first-order valence-electron chi connectivity index (χ1n) is 7.36. The first kappa shape index (κ1) is 13.0. The Morgan fingerprint density at radius 3 is 3.00 bits per heavy atom. The van der Waals surface area contributed by atoms with Crippen LogP contribution in [0, 0.1) is 0 Å². The smallest absolute Gasteiger partial charge is 0.228 e. The lowest BCUT2D eigenvalue weighted by atomic mass is 9.97. The summed E-state index contributed by atoms with van der Waals surface area (Å²) in [7, 11) is 0. The summed E-state index contributed by atoms with van der Waals surface area (Å²) >= 11 is 0. The van der Waals surface area contributed by atoms with E-state index < -0.39 is 0 Å². The van der Waals surface area contributed by atoms with Gasteiger partial charge < -0.3 is 16.4 Å². The second-order valence-electron chi connectivity index (χ2n) is 5.61. The Hall–Kier alpha value is -1.97. The number of carbonyl (C=O) groups excluding carboxylic acids is 1. The van der Waals surface area contributed by atoms with Gasteiger partial charge in [-0.15, -0.1) is 0 Å². The Labute approximate surface area is 119 Å². The van der Waals surface area contributed by atoms with Crippen LogP contribution >= 0.6 is 0 Å². The number of hydrogen-bond donors (Lipinski definition) is 3. The minimum absolute atomic E-state index is 0.0453. The second-order valence-corrected chi connectivity index (χ2v) is 5.61. The van der Waals surface area contributed by atoms with Gasteiger partial charge in [0, 0.05) is 12.2 Å². The maximum Gasteiger partial charge on any atom is 0.228 e. The SMILES string of the molecule is Nc1cc2c(cc1NCCC1=CCCCC1)NC(=O)C2. The Morgan fingerprint density at radius 2 is 2.20 bits per heavy atom. The van der Waals surface area contributed by atoms with Crippen LogP contribution in [0.5, 0.6) is 0 Å². The zero-order valence-corrected chi connectivity index (χ0v) is 11.7. The van der Waals surface area contributed by atoms with Gasteiger partial charge in [-0.1, -0.05) is 11.6 Å². The number of carbonyl (C=O) groups is 1. The van der Waals surface area contributed by atoms with E-state index in [1.165, 1.54) is 25.7 Å². The fourth-order valence-corrected chi connectivity index (χ4v) is 2.94. The number of nitrogen functional groups attached to an aromatic ring is 1. The Kier molecular flexibility index (Phi) is 3.63. The van der Waals surface area contributed by atoms with E-state index in [1.54, 1.807) is 5.57 Å². The van der Waals surface area contributed by atoms with Gasteiger partial charge in [0.15, 0.2) is 0 Å². The number of rotatable bonds is 4. The highest BCUT2D eigenvalue weighted by atomic mass is 16.1. The van der Waals surface area contributed by atoms with E-state index in [1.807, 2.05) is 12.1 Å². The van der Waals surface area contributed by atoms with Crippen LogP contribution in [0.1, 0.15) is 37.7 Å². The average molecular weight is 271 g/mol. The van der Waals surface area contributed by atoms with Crippen molar-refractivity contribution in [2.45, 2.75) is 38.5 Å². The molecule has 0 fully saturated rings. The molecule has 0 saturated heterocycles. The minimum atomic E-state index is 0.0453. The lowest BCUT2D eigenvalue weighted by Crippen LogP contribution is -2.07. The van der Waals surface area contributed by atoms with E-state index in [-0.39, 0.29) is 5.91 Å². The molecule has 0 saturated carbocycles. The third-order valence-electron chi connectivity index (χ3n) is 4.05. The van der Waals surface area contributed by atoms with Crippen molar-refractivity contribution in [1.29, 1.82) is 0 Å². The third kappa shape index (κ3) is 2.79. The maximum atomic E-state index is 11.4. The van der Waals surface area contributed by atoms with Crippen molar-refractivity contribution < 1.29 is 4.79 Å². The van der Waals surface area contributed by atoms with Crippen molar-refractivity contribution in [3.63, 3.8) is 0 Å². The molecular formula is C16H21N3O. The van der Waals surface area contributed by atoms with Crippen LogP contribution in [-0.4, -0.2) is 12.5 Å². The number of nitrogens with one attached hydrogen (secondary N) is 2. The molecule has 1 amide bonds. The van der Waals surface area contributed by atoms with Crippen molar-refractivity contribution in [3.05, 3.63) is 29.3 Å². The second kappa shape index (κ2) is 5.57. The van der Waals surface area contributed by atoms with Crippen LogP contribution < -0.4 is 16.4 Å². The van der Waals surface area contributed by atoms with Gasteiger partial charge in [-0.05, 0) is 49.8 Å². The normalized spacial score (nSPS) is 17.4. The molecule has 1 aliphatic heterocycles. The number of benzene rings is 1. The number of allylic oxidation sites excluding steroid dienone is 1. The molecule has 0 bridgehead atoms. The maximum absolute atomic E-state index is 11.4. The predicted molar refractivity (Wildman–Crippen MR) is 82.8 cm³/mol. The summed E-state index contributed by atoms with van der Waals surface area (Å²) in [6, 6.07) is 3.85. The molecule has 4 nitrogen and oxygen atoms in total. The molecule has 0 spiro atoms. The molecule has 0 aromatic heterocycles. The molecule has 0 unspecified atom stereocenters. The first-order valence-corrected chi connectivity index (χ1v) is 7.36. The molecule has 4 heteroatoms. The Balaban J connectivity index is 1.62. The molecule has 3 rings (SSSR count). The lowest BCUT2D eigenvalue weighted by Gasteiger charge is -2.15. The monoisotopic (exact) mass is 271 g/mol. The van der Waals surface area contributed by atoms with E-state index in [0.717, 1.165) is 35.6 Å². The van der Waals surface area contributed by atoms with Crippen LogP contribution in [0.2, 0.25) is 0 Å². The first-order chi connectivity index (χ1) is 9.72. The number of nitrogens with two attached hydrogens (primary N) is 1. The molecular weight excluding hydrogens is 250 g/mol. The van der Waals surface area contributed by atoms with Crippen LogP contribution in [0.15, 0.2) is 23.8 Å². The molecule has 1 aliphatic carbocycles. The minimum Gasteiger partial charge on any atom is -0.397 e. The fraction of sp³-hybridized carbons (Fsp3) is 0.438. The highest BCUT2D eigenvalue weighted by molar-refractivity contribution is 6.00. The fourth-order valence-electron chi connectivity index (χ4n) is 2.94. The summed E-state index contributed by atoms with van der Waals surface area (Å²) in [6.45, 7) is 0.892. The van der Waals surface area contributed by atoms with Crippen molar-refractivity contribution >= 4 is 23.0 Å². The van der Waals surface area contributed by atoms with E-state index in [2.05, 4.69) is 16.7 Å². The lowest BCUT2D eigenvalue weighted by molar-refractivity contribution is -0.115. The molecule has 20 heavy (non-hydrogen) atoms. The van der Waals surface area contributed by atoms with E-state index in [4.69, 9.17) is 5.73 Å². The molecule has 2 aliphatic rings. The number of hydrogen-bond acceptors (Lipinski definition) is 3. The Morgan fingerprint density at radius 1 is 1.30 bits per heavy atom. The molecule has 1 aromatic rings. The van der Waals surface area contributed by atoms with Crippen LogP contribution in [-0.2, 0) is 11.2 Å². The van der Waals surface area contributed by atoms with Crippen LogP contribution in [0.4, 0.5) is 17.1 Å². The van der Waals surface area contributed by atoms with Gasteiger partial charge in [-0.25, -0.2) is 0 Å². The zero-order valence-electron chi connectivity index (χ0n) is 11.7. The van der Waals surface area contributed by atoms with Gasteiger partial charge in [-0.2, -0.15) is 0 Å². The van der Waals surface area contributed by atoms with Gasteiger partial charge in [-0.3, -0.25) is 4.79 Å². The van der Waals surface area contributed by atoms with Crippen molar-refractivity contribution in [2.75, 3.05) is 22.9 Å². The number of fused-ring (bicyclic) bond motifs is 1. The molecule has 0 radical (unpaired) electrons. The summed E-state index contributed by atoms with van der Waals surface area (Å²) < 4.78 is 0. The summed E-state index contributed by atoms with van der Waals surface area (Å²) in [4.78, 5) is 11.4. The van der Waals surface area contributed by atoms with Gasteiger partial charge in [0.25, 0.3) is 0 Å². The van der Waals surface area contributed by atoms with E-state index >= 15 is 0 Å². The van der Waals surface area contributed by atoms with Gasteiger partial charge >= 0.3 is 0 Å². The van der Waals surface area contributed by atoms with Gasteiger partial charge in [0.2, 0.25) is 5.91 Å². The van der Waals surface area contributed by atoms with Crippen LogP contribution in [0.25, 0.3) is 0 Å². The Bertz CT molecular complexity index is 563. The molecule has 0 atom stereocenters. The van der Waals surface area contributed by atoms with E-state index in [0.29, 0.717) is 6.42 Å². The predicted octanol–water partition coefficient (Wildman–Crippen LogP) is 3.07. The van der Waals surface area contributed by atoms with Gasteiger partial charge in [0.05, 0.1) is 17.8 Å². The highest BCUT2D eigenvalue weighted by Gasteiger charge is 2.19. The summed E-state index contributed by atoms with van der Waals surface area (Å²) in [5.41, 5.74) is 11.1. The molecule has 1 aromatic carbocycles.